The van der Waals surface area contributed by atoms with Crippen LogP contribution in [0, 0.1) is 9.49 Å². The second kappa shape index (κ2) is 6.11. The third-order valence-corrected chi connectivity index (χ3v) is 4.53. The molecule has 0 saturated heterocycles. The molecule has 2 heterocycles. The summed E-state index contributed by atoms with van der Waals surface area (Å²) in [5.41, 5.74) is 1.63. The van der Waals surface area contributed by atoms with Gasteiger partial charge in [0.25, 0.3) is 5.95 Å². The maximum absolute atomic E-state index is 12.4. The van der Waals surface area contributed by atoms with E-state index in [0.717, 1.165) is 9.13 Å². The Morgan fingerprint density at radius 2 is 2.18 bits per heavy atom. The molecule has 0 aliphatic carbocycles. The zero-order valence-electron chi connectivity index (χ0n) is 12.1. The van der Waals surface area contributed by atoms with Gasteiger partial charge in [-0.3, -0.25) is 4.79 Å². The number of benzene rings is 1. The average molecular weight is 411 g/mol. The van der Waals surface area contributed by atoms with Gasteiger partial charge >= 0.3 is 5.97 Å². The van der Waals surface area contributed by atoms with Crippen LogP contribution in [0.25, 0.3) is 0 Å². The lowest BCUT2D eigenvalue weighted by Gasteiger charge is -2.29. The Hall–Kier alpha value is -1.84. The maximum atomic E-state index is 12.4. The van der Waals surface area contributed by atoms with Crippen LogP contribution >= 0.6 is 22.6 Å². The predicted octanol–water partition coefficient (Wildman–Crippen LogP) is 2.15. The van der Waals surface area contributed by atoms with E-state index in [4.69, 9.17) is 4.74 Å². The lowest BCUT2D eigenvalue weighted by atomic mass is 9.88. The number of halogens is 1. The molecule has 2 atom stereocenters. The van der Waals surface area contributed by atoms with Gasteiger partial charge in [0.1, 0.15) is 12.0 Å². The van der Waals surface area contributed by atoms with Crippen molar-refractivity contribution < 1.29 is 9.53 Å². The van der Waals surface area contributed by atoms with Crippen LogP contribution in [0.5, 0.6) is 0 Å². The van der Waals surface area contributed by atoms with Crippen LogP contribution in [-0.2, 0) is 9.53 Å². The summed E-state index contributed by atoms with van der Waals surface area (Å²) in [5.74, 6) is -0.441. The number of tetrazole rings is 1. The summed E-state index contributed by atoms with van der Waals surface area (Å²) in [5, 5.41) is 11.6. The molecule has 8 heteroatoms. The fourth-order valence-corrected chi connectivity index (χ4v) is 3.30. The zero-order chi connectivity index (χ0) is 15.7. The fourth-order valence-electron chi connectivity index (χ4n) is 2.60. The first-order chi connectivity index (χ1) is 10.6. The van der Waals surface area contributed by atoms with Crippen molar-refractivity contribution in [2.45, 2.75) is 19.9 Å². The Morgan fingerprint density at radius 1 is 1.41 bits per heavy atom. The van der Waals surface area contributed by atoms with E-state index in [9.17, 15) is 4.79 Å². The molecule has 114 valence electrons. The van der Waals surface area contributed by atoms with Crippen molar-refractivity contribution in [2.75, 3.05) is 6.61 Å². The molecule has 1 aromatic carbocycles. The van der Waals surface area contributed by atoms with E-state index in [2.05, 4.69) is 43.1 Å². The van der Waals surface area contributed by atoms with Gasteiger partial charge in [-0.05, 0) is 58.5 Å². The van der Waals surface area contributed by atoms with Crippen molar-refractivity contribution in [2.24, 2.45) is 10.9 Å². The monoisotopic (exact) mass is 411 g/mol. The van der Waals surface area contributed by atoms with Crippen LogP contribution in [0.3, 0.4) is 0 Å². The molecule has 1 aromatic heterocycles. The third kappa shape index (κ3) is 2.51. The summed E-state index contributed by atoms with van der Waals surface area (Å²) in [4.78, 5) is 16.8. The summed E-state index contributed by atoms with van der Waals surface area (Å²) in [6.45, 7) is 3.92. The van der Waals surface area contributed by atoms with E-state index in [1.54, 1.807) is 11.6 Å². The molecule has 0 N–H and O–H groups in total. The molecule has 3 rings (SSSR count). The lowest BCUT2D eigenvalue weighted by Crippen LogP contribution is -2.37. The highest BCUT2D eigenvalue weighted by molar-refractivity contribution is 14.1. The SMILES string of the molecule is CCOC(=O)C1C(C)=Nc2nnnn2C1c1ccccc1I. The smallest absolute Gasteiger partial charge is 0.317 e. The number of aromatic nitrogens is 4. The van der Waals surface area contributed by atoms with Gasteiger partial charge in [0, 0.05) is 9.28 Å². The van der Waals surface area contributed by atoms with E-state index in [1.807, 2.05) is 31.2 Å². The topological polar surface area (TPSA) is 82.3 Å². The summed E-state index contributed by atoms with van der Waals surface area (Å²) >= 11 is 2.25. The van der Waals surface area contributed by atoms with Crippen molar-refractivity contribution in [1.29, 1.82) is 0 Å². The Kier molecular flexibility index (Phi) is 4.19. The molecule has 1 aliphatic heterocycles. The summed E-state index contributed by atoms with van der Waals surface area (Å²) < 4.78 is 7.86. The van der Waals surface area contributed by atoms with Crippen molar-refractivity contribution in [3.05, 3.63) is 33.4 Å². The Labute approximate surface area is 140 Å². The van der Waals surface area contributed by atoms with Crippen LogP contribution in [0.1, 0.15) is 25.5 Å². The van der Waals surface area contributed by atoms with E-state index >= 15 is 0 Å². The number of hydrogen-bond donors (Lipinski definition) is 0. The van der Waals surface area contributed by atoms with Gasteiger partial charge in [0.15, 0.2) is 0 Å². The van der Waals surface area contributed by atoms with Crippen LogP contribution in [-0.4, -0.2) is 38.5 Å². The van der Waals surface area contributed by atoms with Crippen molar-refractivity contribution in [3.8, 4) is 0 Å². The molecule has 2 aromatic rings. The molecule has 0 spiro atoms. The maximum Gasteiger partial charge on any atom is 0.317 e. The van der Waals surface area contributed by atoms with E-state index in [0.29, 0.717) is 18.3 Å². The van der Waals surface area contributed by atoms with E-state index in [-0.39, 0.29) is 12.0 Å². The molecular weight excluding hydrogens is 397 g/mol. The second-order valence-corrected chi connectivity index (χ2v) is 6.03. The van der Waals surface area contributed by atoms with Gasteiger partial charge in [-0.25, -0.2) is 9.67 Å². The molecule has 0 bridgehead atoms. The molecule has 0 fully saturated rings. The fraction of sp³-hybridized carbons (Fsp3) is 0.357. The zero-order valence-corrected chi connectivity index (χ0v) is 14.3. The van der Waals surface area contributed by atoms with Crippen LogP contribution in [0.15, 0.2) is 29.3 Å². The molecule has 0 amide bonds. The van der Waals surface area contributed by atoms with Crippen molar-refractivity contribution >= 4 is 40.2 Å². The van der Waals surface area contributed by atoms with Gasteiger partial charge in [0.2, 0.25) is 0 Å². The molecule has 7 nitrogen and oxygen atoms in total. The number of nitrogens with zero attached hydrogens (tertiary/aromatic N) is 5. The normalized spacial score (nSPS) is 20.2. The highest BCUT2D eigenvalue weighted by Crippen LogP contribution is 2.36. The van der Waals surface area contributed by atoms with Gasteiger partial charge in [-0.15, -0.1) is 0 Å². The molecule has 0 saturated carbocycles. The highest BCUT2D eigenvalue weighted by atomic mass is 127. The summed E-state index contributed by atoms with van der Waals surface area (Å²) in [6.07, 6.45) is 0. The molecule has 1 aliphatic rings. The number of fused-ring (bicyclic) bond motifs is 1. The van der Waals surface area contributed by atoms with E-state index in [1.165, 1.54) is 0 Å². The van der Waals surface area contributed by atoms with Crippen LogP contribution in [0.4, 0.5) is 5.95 Å². The standard InChI is InChI=1S/C14H14IN5O2/c1-3-22-13(21)11-8(2)16-14-17-18-19-20(14)12(11)9-6-4-5-7-10(9)15/h4-7,11-12H,3H2,1-2H3. The van der Waals surface area contributed by atoms with E-state index < -0.39 is 5.92 Å². The number of rotatable bonds is 3. The predicted molar refractivity (Wildman–Crippen MR) is 88.0 cm³/mol. The highest BCUT2D eigenvalue weighted by Gasteiger charge is 2.40. The minimum Gasteiger partial charge on any atom is -0.465 e. The molecular formula is C14H14IN5O2. The molecule has 2 unspecified atom stereocenters. The molecule has 22 heavy (non-hydrogen) atoms. The first kappa shape index (κ1) is 15.1. The summed E-state index contributed by atoms with van der Waals surface area (Å²) in [6, 6.07) is 7.50. The average Bonchev–Trinajstić information content (AvgIpc) is 2.94. The minimum atomic E-state index is -0.535. The first-order valence-electron chi connectivity index (χ1n) is 6.87. The number of aliphatic imine (C=N–C) groups is 1. The number of carbonyl (C=O) groups is 1. The summed E-state index contributed by atoms with van der Waals surface area (Å²) in [7, 11) is 0. The minimum absolute atomic E-state index is 0.311. The Morgan fingerprint density at radius 3 is 2.91 bits per heavy atom. The van der Waals surface area contributed by atoms with Gasteiger partial charge < -0.3 is 4.74 Å². The molecule has 0 radical (unpaired) electrons. The Bertz CT molecular complexity index is 742. The van der Waals surface area contributed by atoms with Gasteiger partial charge in [-0.2, -0.15) is 0 Å². The first-order valence-corrected chi connectivity index (χ1v) is 7.95. The lowest BCUT2D eigenvalue weighted by molar-refractivity contribution is -0.146. The number of hydrogen-bond acceptors (Lipinski definition) is 6. The Balaban J connectivity index is 2.15. The largest absolute Gasteiger partial charge is 0.465 e. The van der Waals surface area contributed by atoms with Crippen molar-refractivity contribution in [1.82, 2.24) is 20.2 Å². The van der Waals surface area contributed by atoms with Crippen molar-refractivity contribution in [3.63, 3.8) is 0 Å². The second-order valence-electron chi connectivity index (χ2n) is 4.87. The number of esters is 1. The quantitative estimate of drug-likeness (QED) is 0.571. The van der Waals surface area contributed by atoms with Crippen LogP contribution in [0.2, 0.25) is 0 Å². The van der Waals surface area contributed by atoms with Gasteiger partial charge in [0.05, 0.1) is 6.61 Å². The number of carbonyl (C=O) groups excluding carboxylic acids is 1. The van der Waals surface area contributed by atoms with Gasteiger partial charge in [-0.1, -0.05) is 23.3 Å². The van der Waals surface area contributed by atoms with Crippen LogP contribution < -0.4 is 0 Å². The third-order valence-electron chi connectivity index (χ3n) is 3.55. The number of ether oxygens (including phenoxy) is 1.